The highest BCUT2D eigenvalue weighted by molar-refractivity contribution is 7.91. The Morgan fingerprint density at radius 2 is 1.74 bits per heavy atom. The number of amides is 1. The summed E-state index contributed by atoms with van der Waals surface area (Å²) in [6.07, 6.45) is 0. The number of aromatic nitrogens is 1. The summed E-state index contributed by atoms with van der Waals surface area (Å²) in [6, 6.07) is 11.2. The van der Waals surface area contributed by atoms with Gasteiger partial charge < -0.3 is 14.6 Å². The van der Waals surface area contributed by atoms with E-state index < -0.39 is 21.6 Å². The van der Waals surface area contributed by atoms with Crippen LogP contribution in [0.2, 0.25) is 0 Å². The van der Waals surface area contributed by atoms with E-state index in [2.05, 4.69) is 5.32 Å². The molecule has 1 heterocycles. The Morgan fingerprint density at radius 3 is 2.29 bits per heavy atom. The predicted octanol–water partition coefficient (Wildman–Crippen LogP) is 4.92. The number of halogens is 1. The Balaban J connectivity index is 2.18. The van der Waals surface area contributed by atoms with E-state index in [1.54, 1.807) is 30.5 Å². The van der Waals surface area contributed by atoms with Gasteiger partial charge >= 0.3 is 0 Å². The number of sulfone groups is 1. The van der Waals surface area contributed by atoms with Gasteiger partial charge in [0.1, 0.15) is 22.3 Å². The van der Waals surface area contributed by atoms with Crippen LogP contribution in [0.3, 0.4) is 0 Å². The second-order valence-corrected chi connectivity index (χ2v) is 9.38. The van der Waals surface area contributed by atoms with Crippen LogP contribution in [0.15, 0.2) is 58.3 Å². The molecule has 8 heteroatoms. The molecule has 0 aliphatic rings. The molecule has 1 aromatic heterocycles. The van der Waals surface area contributed by atoms with Gasteiger partial charge in [0.05, 0.1) is 12.0 Å². The van der Waals surface area contributed by atoms with Crippen LogP contribution < -0.4 is 10.1 Å². The number of benzene rings is 2. The van der Waals surface area contributed by atoms with Gasteiger partial charge in [0.2, 0.25) is 9.84 Å². The van der Waals surface area contributed by atoms with Crippen LogP contribution in [0, 0.1) is 19.7 Å². The Labute approximate surface area is 181 Å². The molecule has 0 unspecified atom stereocenters. The largest absolute Gasteiger partial charge is 0.497 e. The van der Waals surface area contributed by atoms with Crippen LogP contribution in [-0.4, -0.2) is 26.0 Å². The molecule has 6 nitrogen and oxygen atoms in total. The van der Waals surface area contributed by atoms with Crippen molar-refractivity contribution >= 4 is 21.6 Å². The number of nitrogens with zero attached hydrogens (tertiary/aromatic N) is 1. The van der Waals surface area contributed by atoms with Gasteiger partial charge in [-0.05, 0) is 75.7 Å². The first-order valence-corrected chi connectivity index (χ1v) is 11.2. The predicted molar refractivity (Wildman–Crippen MR) is 117 cm³/mol. The second kappa shape index (κ2) is 8.55. The maximum Gasteiger partial charge on any atom is 0.256 e. The molecular weight excluding hydrogens is 419 g/mol. The first-order chi connectivity index (χ1) is 14.6. The summed E-state index contributed by atoms with van der Waals surface area (Å²) < 4.78 is 47.6. The number of rotatable bonds is 6. The van der Waals surface area contributed by atoms with Crippen molar-refractivity contribution in [2.75, 3.05) is 12.4 Å². The van der Waals surface area contributed by atoms with Gasteiger partial charge in [-0.15, -0.1) is 0 Å². The fourth-order valence-corrected chi connectivity index (χ4v) is 5.26. The number of hydrogen-bond acceptors (Lipinski definition) is 4. The number of carbonyl (C=O) groups excluding carboxylic acids is 1. The van der Waals surface area contributed by atoms with E-state index in [4.69, 9.17) is 4.74 Å². The molecule has 1 amide bonds. The van der Waals surface area contributed by atoms with Crippen molar-refractivity contribution in [3.8, 4) is 5.75 Å². The molecule has 0 aliphatic heterocycles. The Kier molecular flexibility index (Phi) is 6.22. The smallest absolute Gasteiger partial charge is 0.256 e. The lowest BCUT2D eigenvalue weighted by Crippen LogP contribution is -2.19. The second-order valence-electron chi connectivity index (χ2n) is 7.50. The zero-order valence-corrected chi connectivity index (χ0v) is 18.9. The summed E-state index contributed by atoms with van der Waals surface area (Å²) in [5, 5.41) is 2.72. The molecule has 0 saturated carbocycles. The van der Waals surface area contributed by atoms with E-state index in [9.17, 15) is 17.6 Å². The molecule has 0 spiro atoms. The van der Waals surface area contributed by atoms with Crippen LogP contribution in [-0.2, 0) is 9.84 Å². The summed E-state index contributed by atoms with van der Waals surface area (Å²) in [7, 11) is -2.46. The number of ether oxygens (including phenoxy) is 1. The van der Waals surface area contributed by atoms with Crippen LogP contribution in [0.1, 0.15) is 41.5 Å². The molecule has 0 bridgehead atoms. The molecule has 31 heavy (non-hydrogen) atoms. The topological polar surface area (TPSA) is 77.4 Å². The lowest BCUT2D eigenvalue weighted by molar-refractivity contribution is 0.102. The first kappa shape index (κ1) is 22.6. The van der Waals surface area contributed by atoms with Gasteiger partial charge in [0.25, 0.3) is 5.91 Å². The average Bonchev–Trinajstić information content (AvgIpc) is 2.98. The molecule has 2 aromatic carbocycles. The molecule has 0 saturated heterocycles. The van der Waals surface area contributed by atoms with Crippen LogP contribution >= 0.6 is 0 Å². The van der Waals surface area contributed by atoms with Gasteiger partial charge in [-0.3, -0.25) is 4.79 Å². The zero-order chi connectivity index (χ0) is 22.9. The third-order valence-electron chi connectivity index (χ3n) is 5.17. The van der Waals surface area contributed by atoms with Crippen molar-refractivity contribution in [2.24, 2.45) is 0 Å². The SMILES string of the molecule is COc1ccc(S(=O)(=O)c2c(C)c(C)n(C(C)C)c2NC(=O)c2cccc(F)c2)cc1. The summed E-state index contributed by atoms with van der Waals surface area (Å²) in [4.78, 5) is 13.0. The number of hydrogen-bond donors (Lipinski definition) is 1. The molecule has 3 aromatic rings. The zero-order valence-electron chi connectivity index (χ0n) is 18.1. The normalized spacial score (nSPS) is 11.6. The molecular formula is C23H25FN2O4S. The van der Waals surface area contributed by atoms with Crippen LogP contribution in [0.4, 0.5) is 10.2 Å². The molecule has 164 valence electrons. The average molecular weight is 445 g/mol. The fraction of sp³-hybridized carbons (Fsp3) is 0.261. The third-order valence-corrected chi connectivity index (χ3v) is 7.10. The lowest BCUT2D eigenvalue weighted by atomic mass is 10.2. The van der Waals surface area contributed by atoms with E-state index in [0.717, 1.165) is 11.8 Å². The van der Waals surface area contributed by atoms with Gasteiger partial charge in [-0.2, -0.15) is 0 Å². The first-order valence-electron chi connectivity index (χ1n) is 9.75. The molecule has 0 atom stereocenters. The van der Waals surface area contributed by atoms with E-state index in [1.165, 1.54) is 37.4 Å². The van der Waals surface area contributed by atoms with Crippen molar-refractivity contribution in [1.82, 2.24) is 4.57 Å². The Morgan fingerprint density at radius 1 is 1.10 bits per heavy atom. The van der Waals surface area contributed by atoms with Crippen molar-refractivity contribution < 1.29 is 22.3 Å². The van der Waals surface area contributed by atoms with Gasteiger partial charge in [-0.25, -0.2) is 12.8 Å². The fourth-order valence-electron chi connectivity index (χ4n) is 3.57. The lowest BCUT2D eigenvalue weighted by Gasteiger charge is -2.17. The minimum absolute atomic E-state index is 0.0219. The third kappa shape index (κ3) is 4.20. The maximum absolute atomic E-state index is 13.6. The van der Waals surface area contributed by atoms with Gasteiger partial charge in [0, 0.05) is 17.3 Å². The maximum atomic E-state index is 13.6. The molecule has 0 aliphatic carbocycles. The minimum Gasteiger partial charge on any atom is -0.497 e. The highest BCUT2D eigenvalue weighted by Crippen LogP contribution is 2.37. The number of methoxy groups -OCH3 is 1. The Bertz CT molecular complexity index is 1230. The molecule has 0 fully saturated rings. The number of carbonyl (C=O) groups is 1. The van der Waals surface area contributed by atoms with Gasteiger partial charge in [-0.1, -0.05) is 6.07 Å². The standard InChI is InChI=1S/C23H25FN2O4S/c1-14(2)26-16(4)15(3)21(31(28,29)20-11-9-19(30-5)10-12-20)22(26)25-23(27)17-7-6-8-18(24)13-17/h6-14H,1-5H3,(H,25,27). The van der Waals surface area contributed by atoms with E-state index >= 15 is 0 Å². The highest BCUT2D eigenvalue weighted by atomic mass is 32.2. The Hall–Kier alpha value is -3.13. The van der Waals surface area contributed by atoms with E-state index in [1.807, 2.05) is 13.8 Å². The number of nitrogens with one attached hydrogen (secondary N) is 1. The highest BCUT2D eigenvalue weighted by Gasteiger charge is 2.31. The molecule has 0 radical (unpaired) electrons. The van der Waals surface area contributed by atoms with Crippen LogP contribution in [0.5, 0.6) is 5.75 Å². The van der Waals surface area contributed by atoms with Crippen molar-refractivity contribution in [3.05, 3.63) is 71.2 Å². The van der Waals surface area contributed by atoms with Crippen molar-refractivity contribution in [3.63, 3.8) is 0 Å². The van der Waals surface area contributed by atoms with Crippen LogP contribution in [0.25, 0.3) is 0 Å². The summed E-state index contributed by atoms with van der Waals surface area (Å²) in [5.74, 6) is -0.447. The monoisotopic (exact) mass is 444 g/mol. The summed E-state index contributed by atoms with van der Waals surface area (Å²) >= 11 is 0. The quantitative estimate of drug-likeness (QED) is 0.586. The van der Waals surface area contributed by atoms with Gasteiger partial charge in [0.15, 0.2) is 0 Å². The minimum atomic E-state index is -3.96. The summed E-state index contributed by atoms with van der Waals surface area (Å²) in [6.45, 7) is 7.31. The van der Waals surface area contributed by atoms with Crippen molar-refractivity contribution in [1.29, 1.82) is 0 Å². The van der Waals surface area contributed by atoms with Crippen molar-refractivity contribution in [2.45, 2.75) is 43.5 Å². The van der Waals surface area contributed by atoms with E-state index in [0.29, 0.717) is 11.3 Å². The number of anilines is 1. The van der Waals surface area contributed by atoms with E-state index in [-0.39, 0.29) is 27.2 Å². The molecule has 3 rings (SSSR count). The molecule has 1 N–H and O–H groups in total. The summed E-state index contributed by atoms with van der Waals surface area (Å²) in [5.41, 5.74) is 1.36.